The summed E-state index contributed by atoms with van der Waals surface area (Å²) in [6, 6.07) is 6.15. The van der Waals surface area contributed by atoms with E-state index >= 15 is 0 Å². The van der Waals surface area contributed by atoms with E-state index in [1.54, 1.807) is 19.1 Å². The van der Waals surface area contributed by atoms with Crippen molar-refractivity contribution in [3.05, 3.63) is 30.1 Å². The van der Waals surface area contributed by atoms with Gasteiger partial charge in [0.25, 0.3) is 0 Å². The van der Waals surface area contributed by atoms with Gasteiger partial charge in [0.2, 0.25) is 0 Å². The van der Waals surface area contributed by atoms with Gasteiger partial charge in [-0.05, 0) is 43.9 Å². The van der Waals surface area contributed by atoms with Gasteiger partial charge in [-0.3, -0.25) is 0 Å². The number of carbonyl (C=O) groups excluding carboxylic acids is 1. The predicted molar refractivity (Wildman–Crippen MR) is 67.8 cm³/mol. The Kier molecular flexibility index (Phi) is 3.55. The lowest BCUT2D eigenvalue weighted by molar-refractivity contribution is -0.153. The molecular weight excluding hydrogens is 233 g/mol. The molecule has 0 radical (unpaired) electrons. The minimum Gasteiger partial charge on any atom is -0.464 e. The Balaban J connectivity index is 2.14. The molecule has 0 aromatic heterocycles. The Bertz CT molecular complexity index is 441. The highest BCUT2D eigenvalue weighted by atomic mass is 19.1. The van der Waals surface area contributed by atoms with E-state index in [0.29, 0.717) is 18.2 Å². The number of anilines is 1. The smallest absolute Gasteiger partial charge is 0.331 e. The van der Waals surface area contributed by atoms with Gasteiger partial charge >= 0.3 is 5.97 Å². The molecule has 18 heavy (non-hydrogen) atoms. The summed E-state index contributed by atoms with van der Waals surface area (Å²) in [6.45, 7) is 4.24. The van der Waals surface area contributed by atoms with Crippen molar-refractivity contribution < 1.29 is 13.9 Å². The summed E-state index contributed by atoms with van der Waals surface area (Å²) >= 11 is 0. The van der Waals surface area contributed by atoms with E-state index in [-0.39, 0.29) is 11.8 Å². The summed E-state index contributed by atoms with van der Waals surface area (Å²) in [7, 11) is 0. The van der Waals surface area contributed by atoms with Crippen molar-refractivity contribution in [2.24, 2.45) is 5.92 Å². The molecule has 1 fully saturated rings. The van der Waals surface area contributed by atoms with Crippen LogP contribution in [0.25, 0.3) is 0 Å². The van der Waals surface area contributed by atoms with E-state index in [0.717, 1.165) is 12.8 Å². The Labute approximate surface area is 106 Å². The maximum atomic E-state index is 13.1. The molecule has 1 aliphatic rings. The Morgan fingerprint density at radius 1 is 1.56 bits per heavy atom. The highest BCUT2D eigenvalue weighted by Gasteiger charge is 2.49. The first kappa shape index (κ1) is 12.9. The van der Waals surface area contributed by atoms with Gasteiger partial charge < -0.3 is 10.1 Å². The van der Waals surface area contributed by atoms with Crippen molar-refractivity contribution in [1.82, 2.24) is 0 Å². The highest BCUT2D eigenvalue weighted by Crippen LogP contribution is 2.41. The number of hydrogen-bond acceptors (Lipinski definition) is 3. The summed E-state index contributed by atoms with van der Waals surface area (Å²) in [5.41, 5.74) is -0.0570. The monoisotopic (exact) mass is 251 g/mol. The van der Waals surface area contributed by atoms with Gasteiger partial charge in [0, 0.05) is 5.69 Å². The van der Waals surface area contributed by atoms with E-state index in [2.05, 4.69) is 12.2 Å². The van der Waals surface area contributed by atoms with Crippen LogP contribution in [0, 0.1) is 11.7 Å². The van der Waals surface area contributed by atoms with Crippen LogP contribution >= 0.6 is 0 Å². The number of nitrogens with one attached hydrogen (secondary N) is 1. The number of rotatable bonds is 4. The molecule has 0 saturated heterocycles. The first-order chi connectivity index (χ1) is 8.55. The molecule has 0 atom stereocenters. The average molecular weight is 251 g/mol. The molecule has 0 heterocycles. The van der Waals surface area contributed by atoms with Gasteiger partial charge in [0.1, 0.15) is 11.4 Å². The molecule has 0 spiro atoms. The van der Waals surface area contributed by atoms with Gasteiger partial charge in [-0.2, -0.15) is 0 Å². The standard InChI is InChI=1S/C14H18FNO2/c1-3-18-13(17)14(8-10(2)9-14)16-12-6-4-5-11(15)7-12/h4-7,10,16H,3,8-9H2,1-2H3. The average Bonchev–Trinajstić information content (AvgIpc) is 2.27. The Morgan fingerprint density at radius 2 is 2.28 bits per heavy atom. The van der Waals surface area contributed by atoms with Gasteiger partial charge in [-0.25, -0.2) is 9.18 Å². The van der Waals surface area contributed by atoms with Crippen LogP contribution in [0.15, 0.2) is 24.3 Å². The molecule has 1 aromatic rings. The fraction of sp³-hybridized carbons (Fsp3) is 0.500. The SMILES string of the molecule is CCOC(=O)C1(Nc2cccc(F)c2)CC(C)C1. The predicted octanol–water partition coefficient (Wildman–Crippen LogP) is 2.97. The van der Waals surface area contributed by atoms with Crippen molar-refractivity contribution in [2.75, 3.05) is 11.9 Å². The number of hydrogen-bond donors (Lipinski definition) is 1. The van der Waals surface area contributed by atoms with Crippen LogP contribution in [-0.4, -0.2) is 18.1 Å². The number of esters is 1. The van der Waals surface area contributed by atoms with Crippen molar-refractivity contribution in [2.45, 2.75) is 32.2 Å². The lowest BCUT2D eigenvalue weighted by Crippen LogP contribution is -2.56. The largest absolute Gasteiger partial charge is 0.464 e. The van der Waals surface area contributed by atoms with Gasteiger partial charge in [0.15, 0.2) is 0 Å². The van der Waals surface area contributed by atoms with Crippen LogP contribution < -0.4 is 5.32 Å². The van der Waals surface area contributed by atoms with E-state index in [9.17, 15) is 9.18 Å². The number of ether oxygens (including phenoxy) is 1. The summed E-state index contributed by atoms with van der Waals surface area (Å²) in [5.74, 6) is -0.0748. The summed E-state index contributed by atoms with van der Waals surface area (Å²) in [4.78, 5) is 12.0. The van der Waals surface area contributed by atoms with E-state index in [4.69, 9.17) is 4.74 Å². The van der Waals surface area contributed by atoms with Gasteiger partial charge in [-0.1, -0.05) is 13.0 Å². The van der Waals surface area contributed by atoms with E-state index < -0.39 is 5.54 Å². The van der Waals surface area contributed by atoms with Crippen LogP contribution in [0.4, 0.5) is 10.1 Å². The molecule has 1 saturated carbocycles. The lowest BCUT2D eigenvalue weighted by atomic mass is 9.69. The third-order valence-electron chi connectivity index (χ3n) is 3.27. The molecular formula is C14H18FNO2. The molecule has 2 rings (SSSR count). The van der Waals surface area contributed by atoms with Gasteiger partial charge in [-0.15, -0.1) is 0 Å². The van der Waals surface area contributed by atoms with Crippen molar-refractivity contribution in [1.29, 1.82) is 0 Å². The first-order valence-electron chi connectivity index (χ1n) is 6.27. The number of halogens is 1. The third kappa shape index (κ3) is 2.47. The Morgan fingerprint density at radius 3 is 2.83 bits per heavy atom. The number of benzene rings is 1. The highest BCUT2D eigenvalue weighted by molar-refractivity contribution is 5.86. The second kappa shape index (κ2) is 4.96. The second-order valence-corrected chi connectivity index (χ2v) is 4.95. The molecule has 1 aromatic carbocycles. The molecule has 0 amide bonds. The van der Waals surface area contributed by atoms with Crippen LogP contribution in [0.2, 0.25) is 0 Å². The summed E-state index contributed by atoms with van der Waals surface area (Å²) < 4.78 is 18.2. The zero-order valence-electron chi connectivity index (χ0n) is 10.7. The molecule has 0 aliphatic heterocycles. The zero-order chi connectivity index (χ0) is 13.2. The quantitative estimate of drug-likeness (QED) is 0.836. The van der Waals surface area contributed by atoms with E-state index in [1.807, 2.05) is 0 Å². The minimum atomic E-state index is -0.677. The second-order valence-electron chi connectivity index (χ2n) is 4.95. The first-order valence-corrected chi connectivity index (χ1v) is 6.27. The summed E-state index contributed by atoms with van der Waals surface area (Å²) in [5, 5.41) is 3.13. The molecule has 0 bridgehead atoms. The van der Waals surface area contributed by atoms with Gasteiger partial charge in [0.05, 0.1) is 6.61 Å². The molecule has 98 valence electrons. The Hall–Kier alpha value is -1.58. The maximum Gasteiger partial charge on any atom is 0.331 e. The normalized spacial score (nSPS) is 26.3. The minimum absolute atomic E-state index is 0.243. The fourth-order valence-corrected chi connectivity index (χ4v) is 2.56. The van der Waals surface area contributed by atoms with Crippen molar-refractivity contribution in [3.8, 4) is 0 Å². The van der Waals surface area contributed by atoms with Crippen molar-refractivity contribution >= 4 is 11.7 Å². The topological polar surface area (TPSA) is 38.3 Å². The number of carbonyl (C=O) groups is 1. The molecule has 1 N–H and O–H groups in total. The van der Waals surface area contributed by atoms with Crippen molar-refractivity contribution in [3.63, 3.8) is 0 Å². The zero-order valence-corrected chi connectivity index (χ0v) is 10.7. The van der Waals surface area contributed by atoms with Crippen LogP contribution in [0.1, 0.15) is 26.7 Å². The molecule has 3 nitrogen and oxygen atoms in total. The van der Waals surface area contributed by atoms with Crippen LogP contribution in [0.3, 0.4) is 0 Å². The molecule has 4 heteroatoms. The molecule has 0 unspecified atom stereocenters. The fourth-order valence-electron chi connectivity index (χ4n) is 2.56. The van der Waals surface area contributed by atoms with E-state index in [1.165, 1.54) is 12.1 Å². The van der Waals surface area contributed by atoms with Crippen LogP contribution in [0.5, 0.6) is 0 Å². The maximum absolute atomic E-state index is 13.1. The van der Waals surface area contributed by atoms with Crippen LogP contribution in [-0.2, 0) is 9.53 Å². The third-order valence-corrected chi connectivity index (χ3v) is 3.27. The lowest BCUT2D eigenvalue weighted by Gasteiger charge is -2.45. The molecule has 1 aliphatic carbocycles. The summed E-state index contributed by atoms with van der Waals surface area (Å²) in [6.07, 6.45) is 1.45.